The summed E-state index contributed by atoms with van der Waals surface area (Å²) in [6, 6.07) is 9.10. The number of aryl methyl sites for hydroxylation is 1. The zero-order chi connectivity index (χ0) is 19.0. The zero-order valence-electron chi connectivity index (χ0n) is 15.1. The van der Waals surface area contributed by atoms with E-state index in [0.717, 1.165) is 22.1 Å². The first-order valence-corrected chi connectivity index (χ1v) is 10.7. The molecule has 1 saturated heterocycles. The number of furan rings is 2. The van der Waals surface area contributed by atoms with Crippen LogP contribution in [0.4, 0.5) is 0 Å². The molecule has 0 spiro atoms. The maximum absolute atomic E-state index is 13.1. The normalized spacial score (nSPS) is 18.8. The molecule has 1 atom stereocenters. The summed E-state index contributed by atoms with van der Waals surface area (Å²) in [6.45, 7) is 2.25. The Morgan fingerprint density at radius 1 is 1.26 bits per heavy atom. The molecule has 142 valence electrons. The third-order valence-electron chi connectivity index (χ3n) is 5.03. The molecule has 0 bridgehead atoms. The van der Waals surface area contributed by atoms with Gasteiger partial charge in [-0.05, 0) is 37.1 Å². The van der Waals surface area contributed by atoms with Crippen molar-refractivity contribution in [2.75, 3.05) is 11.5 Å². The van der Waals surface area contributed by atoms with Crippen molar-refractivity contribution in [3.63, 3.8) is 0 Å². The molecule has 4 rings (SSSR count). The molecule has 0 radical (unpaired) electrons. The smallest absolute Gasteiger partial charge is 0.227 e. The molecular weight excluding hydrogens is 366 g/mol. The van der Waals surface area contributed by atoms with Gasteiger partial charge in [0.15, 0.2) is 9.84 Å². The minimum Gasteiger partial charge on any atom is -0.467 e. The lowest BCUT2D eigenvalue weighted by atomic mass is 10.1. The molecule has 2 aromatic heterocycles. The minimum absolute atomic E-state index is 0.00474. The van der Waals surface area contributed by atoms with Gasteiger partial charge >= 0.3 is 0 Å². The van der Waals surface area contributed by atoms with Crippen LogP contribution >= 0.6 is 0 Å². The highest BCUT2D eigenvalue weighted by Gasteiger charge is 2.35. The van der Waals surface area contributed by atoms with E-state index < -0.39 is 9.84 Å². The molecule has 0 N–H and O–H groups in total. The molecule has 7 heteroatoms. The predicted octanol–water partition coefficient (Wildman–Crippen LogP) is 3.09. The van der Waals surface area contributed by atoms with Crippen molar-refractivity contribution < 1.29 is 22.0 Å². The average molecular weight is 387 g/mol. The van der Waals surface area contributed by atoms with Crippen molar-refractivity contribution in [3.8, 4) is 0 Å². The fourth-order valence-electron chi connectivity index (χ4n) is 3.60. The maximum Gasteiger partial charge on any atom is 0.227 e. The van der Waals surface area contributed by atoms with Gasteiger partial charge in [-0.15, -0.1) is 0 Å². The Kier molecular flexibility index (Phi) is 4.55. The number of nitrogens with zero attached hydrogens (tertiary/aromatic N) is 1. The Hall–Kier alpha value is -2.54. The molecule has 3 aromatic rings. The van der Waals surface area contributed by atoms with Gasteiger partial charge in [0.2, 0.25) is 5.91 Å². The van der Waals surface area contributed by atoms with Crippen molar-refractivity contribution in [2.24, 2.45) is 0 Å². The van der Waals surface area contributed by atoms with E-state index in [-0.39, 0.29) is 36.4 Å². The van der Waals surface area contributed by atoms with Gasteiger partial charge in [-0.2, -0.15) is 0 Å². The van der Waals surface area contributed by atoms with Crippen LogP contribution in [0.2, 0.25) is 0 Å². The molecule has 1 aliphatic heterocycles. The number of rotatable bonds is 5. The Bertz CT molecular complexity index is 1070. The summed E-state index contributed by atoms with van der Waals surface area (Å²) in [5, 5.41) is 0.908. The summed E-state index contributed by atoms with van der Waals surface area (Å²) in [7, 11) is -3.10. The van der Waals surface area contributed by atoms with Gasteiger partial charge in [-0.3, -0.25) is 4.79 Å². The molecule has 1 unspecified atom stereocenters. The van der Waals surface area contributed by atoms with Gasteiger partial charge in [0, 0.05) is 17.0 Å². The fourth-order valence-corrected chi connectivity index (χ4v) is 5.34. The van der Waals surface area contributed by atoms with Crippen LogP contribution in [0.25, 0.3) is 11.0 Å². The van der Waals surface area contributed by atoms with E-state index in [1.165, 1.54) is 0 Å². The van der Waals surface area contributed by atoms with Gasteiger partial charge in [-0.1, -0.05) is 12.1 Å². The third-order valence-corrected chi connectivity index (χ3v) is 6.78. The number of carbonyl (C=O) groups excluding carboxylic acids is 1. The van der Waals surface area contributed by atoms with Crippen LogP contribution in [0.3, 0.4) is 0 Å². The van der Waals surface area contributed by atoms with Crippen LogP contribution in [-0.2, 0) is 27.6 Å². The SMILES string of the molecule is Cc1ccc2c(CC(=O)N(Cc3ccco3)C3CCS(=O)(=O)C3)coc2c1. The van der Waals surface area contributed by atoms with Crippen molar-refractivity contribution in [2.45, 2.75) is 32.4 Å². The summed E-state index contributed by atoms with van der Waals surface area (Å²) >= 11 is 0. The highest BCUT2D eigenvalue weighted by atomic mass is 32.2. The predicted molar refractivity (Wildman–Crippen MR) is 101 cm³/mol. The molecule has 1 amide bonds. The van der Waals surface area contributed by atoms with Crippen molar-refractivity contribution in [1.82, 2.24) is 4.90 Å². The molecular formula is C20H21NO5S. The van der Waals surface area contributed by atoms with Gasteiger partial charge in [0.1, 0.15) is 11.3 Å². The molecule has 1 aromatic carbocycles. The summed E-state index contributed by atoms with van der Waals surface area (Å²) in [4.78, 5) is 14.7. The van der Waals surface area contributed by atoms with E-state index in [1.54, 1.807) is 29.6 Å². The monoisotopic (exact) mass is 387 g/mol. The van der Waals surface area contributed by atoms with Gasteiger partial charge < -0.3 is 13.7 Å². The summed E-state index contributed by atoms with van der Waals surface area (Å²) < 4.78 is 34.8. The summed E-state index contributed by atoms with van der Waals surface area (Å²) in [5.41, 5.74) is 2.64. The number of hydrogen-bond donors (Lipinski definition) is 0. The molecule has 27 heavy (non-hydrogen) atoms. The Morgan fingerprint density at radius 3 is 2.81 bits per heavy atom. The minimum atomic E-state index is -3.10. The van der Waals surface area contributed by atoms with Crippen LogP contribution in [0.5, 0.6) is 0 Å². The molecule has 1 aliphatic rings. The van der Waals surface area contributed by atoms with E-state index in [0.29, 0.717) is 12.2 Å². The number of benzene rings is 1. The van der Waals surface area contributed by atoms with Crippen LogP contribution in [0.1, 0.15) is 23.3 Å². The van der Waals surface area contributed by atoms with Crippen molar-refractivity contribution in [3.05, 3.63) is 59.7 Å². The lowest BCUT2D eigenvalue weighted by molar-refractivity contribution is -0.133. The lowest BCUT2D eigenvalue weighted by Crippen LogP contribution is -2.41. The van der Waals surface area contributed by atoms with Gasteiger partial charge in [0.05, 0.1) is 37.0 Å². The van der Waals surface area contributed by atoms with Crippen LogP contribution in [0, 0.1) is 6.92 Å². The molecule has 6 nitrogen and oxygen atoms in total. The Balaban J connectivity index is 1.59. The van der Waals surface area contributed by atoms with Gasteiger partial charge in [-0.25, -0.2) is 8.42 Å². The lowest BCUT2D eigenvalue weighted by Gasteiger charge is -2.27. The Labute approximate surface area is 157 Å². The van der Waals surface area contributed by atoms with E-state index in [1.807, 2.05) is 25.1 Å². The zero-order valence-corrected chi connectivity index (χ0v) is 15.9. The average Bonchev–Trinajstić information content (AvgIpc) is 3.33. The topological polar surface area (TPSA) is 80.7 Å². The van der Waals surface area contributed by atoms with E-state index in [4.69, 9.17) is 8.83 Å². The number of sulfone groups is 1. The first kappa shape index (κ1) is 17.9. The highest BCUT2D eigenvalue weighted by molar-refractivity contribution is 7.91. The standard InChI is InChI=1S/C20H21NO5S/c1-14-4-5-18-15(12-26-19(18)9-14)10-20(22)21(11-17-3-2-7-25-17)16-6-8-27(23,24)13-16/h2-5,7,9,12,16H,6,8,10-11,13H2,1H3. The van der Waals surface area contributed by atoms with Crippen LogP contribution < -0.4 is 0 Å². The maximum atomic E-state index is 13.1. The van der Waals surface area contributed by atoms with E-state index >= 15 is 0 Å². The van der Waals surface area contributed by atoms with Crippen LogP contribution in [0.15, 0.2) is 51.7 Å². The molecule has 0 saturated carbocycles. The summed E-state index contributed by atoms with van der Waals surface area (Å²) in [5.74, 6) is 0.635. The quantitative estimate of drug-likeness (QED) is 0.672. The second-order valence-electron chi connectivity index (χ2n) is 7.10. The molecule has 1 fully saturated rings. The number of carbonyl (C=O) groups is 1. The number of amides is 1. The first-order valence-electron chi connectivity index (χ1n) is 8.90. The largest absolute Gasteiger partial charge is 0.467 e. The second-order valence-corrected chi connectivity index (χ2v) is 9.32. The number of fused-ring (bicyclic) bond motifs is 1. The van der Waals surface area contributed by atoms with Gasteiger partial charge in [0.25, 0.3) is 0 Å². The fraction of sp³-hybridized carbons (Fsp3) is 0.350. The Morgan fingerprint density at radius 2 is 2.11 bits per heavy atom. The number of hydrogen-bond acceptors (Lipinski definition) is 5. The summed E-state index contributed by atoms with van der Waals surface area (Å²) in [6.07, 6.45) is 3.78. The third kappa shape index (κ3) is 3.78. The highest BCUT2D eigenvalue weighted by Crippen LogP contribution is 2.25. The first-order chi connectivity index (χ1) is 12.9. The second kappa shape index (κ2) is 6.88. The molecule has 3 heterocycles. The van der Waals surface area contributed by atoms with Crippen molar-refractivity contribution >= 4 is 26.7 Å². The molecule has 0 aliphatic carbocycles. The van der Waals surface area contributed by atoms with E-state index in [2.05, 4.69) is 0 Å². The van der Waals surface area contributed by atoms with E-state index in [9.17, 15) is 13.2 Å². The van der Waals surface area contributed by atoms with Crippen molar-refractivity contribution in [1.29, 1.82) is 0 Å². The van der Waals surface area contributed by atoms with Crippen LogP contribution in [-0.4, -0.2) is 36.8 Å².